The van der Waals surface area contributed by atoms with Crippen LogP contribution in [0.15, 0.2) is 55.4 Å². The van der Waals surface area contributed by atoms with Crippen LogP contribution in [0.2, 0.25) is 0 Å². The lowest BCUT2D eigenvalue weighted by Crippen LogP contribution is -2.16. The first-order chi connectivity index (χ1) is 12.7. The number of nitrogens with zero attached hydrogens (tertiary/aromatic N) is 8. The minimum atomic E-state index is -0.420. The molecule has 128 valence electrons. The molecular formula is C16H13N9O. The van der Waals surface area contributed by atoms with Crippen LogP contribution in [-0.4, -0.2) is 45.4 Å². The Hall–Kier alpha value is -3.95. The zero-order chi connectivity index (χ0) is 17.9. The van der Waals surface area contributed by atoms with Crippen LogP contribution in [-0.2, 0) is 0 Å². The molecule has 0 aliphatic carbocycles. The second kappa shape index (κ2) is 6.51. The molecule has 4 heterocycles. The summed E-state index contributed by atoms with van der Waals surface area (Å²) in [5.41, 5.74) is 0.167. The van der Waals surface area contributed by atoms with Crippen molar-refractivity contribution in [1.29, 1.82) is 0 Å². The first-order valence-corrected chi connectivity index (χ1v) is 7.68. The molecule has 0 aliphatic rings. The Labute approximate surface area is 147 Å². The monoisotopic (exact) mass is 347 g/mol. The van der Waals surface area contributed by atoms with Crippen molar-refractivity contribution >= 4 is 11.7 Å². The molecule has 10 heteroatoms. The van der Waals surface area contributed by atoms with Crippen molar-refractivity contribution in [3.63, 3.8) is 0 Å². The van der Waals surface area contributed by atoms with E-state index in [1.807, 2.05) is 6.92 Å². The molecule has 26 heavy (non-hydrogen) atoms. The average Bonchev–Trinajstić information content (AvgIpc) is 3.34. The van der Waals surface area contributed by atoms with Crippen LogP contribution in [0.4, 0.5) is 5.82 Å². The molecule has 0 unspecified atom stereocenters. The number of anilines is 1. The van der Waals surface area contributed by atoms with Crippen molar-refractivity contribution in [2.24, 2.45) is 0 Å². The highest BCUT2D eigenvalue weighted by atomic mass is 16.2. The van der Waals surface area contributed by atoms with E-state index in [0.29, 0.717) is 17.5 Å². The van der Waals surface area contributed by atoms with Crippen LogP contribution in [0.5, 0.6) is 0 Å². The van der Waals surface area contributed by atoms with Gasteiger partial charge in [0.15, 0.2) is 11.5 Å². The Morgan fingerprint density at radius 1 is 1.04 bits per heavy atom. The molecule has 0 radical (unpaired) electrons. The zero-order valence-electron chi connectivity index (χ0n) is 13.7. The molecule has 4 aromatic rings. The molecule has 4 rings (SSSR count). The lowest BCUT2D eigenvalue weighted by molar-refractivity contribution is 0.102. The third kappa shape index (κ3) is 3.02. The fourth-order valence-corrected chi connectivity index (χ4v) is 2.32. The molecule has 0 saturated carbocycles. The summed E-state index contributed by atoms with van der Waals surface area (Å²) in [6, 6.07) is 6.66. The number of carbonyl (C=O) groups is 1. The van der Waals surface area contributed by atoms with Gasteiger partial charge in [0.05, 0.1) is 0 Å². The van der Waals surface area contributed by atoms with Crippen molar-refractivity contribution < 1.29 is 4.79 Å². The lowest BCUT2D eigenvalue weighted by Gasteiger charge is -2.07. The zero-order valence-corrected chi connectivity index (χ0v) is 13.7. The van der Waals surface area contributed by atoms with Gasteiger partial charge in [0.2, 0.25) is 0 Å². The summed E-state index contributed by atoms with van der Waals surface area (Å²) in [6.45, 7) is 1.86. The largest absolute Gasteiger partial charge is 0.305 e. The van der Waals surface area contributed by atoms with E-state index in [4.69, 9.17) is 0 Å². The Kier molecular flexibility index (Phi) is 3.90. The van der Waals surface area contributed by atoms with Crippen LogP contribution in [0, 0.1) is 6.92 Å². The maximum atomic E-state index is 12.4. The number of nitrogens with one attached hydrogen (secondary N) is 1. The van der Waals surface area contributed by atoms with Crippen molar-refractivity contribution in [1.82, 2.24) is 39.5 Å². The second-order valence-corrected chi connectivity index (χ2v) is 5.29. The van der Waals surface area contributed by atoms with E-state index in [0.717, 1.165) is 5.82 Å². The van der Waals surface area contributed by atoms with Crippen molar-refractivity contribution in [3.8, 4) is 11.6 Å². The van der Waals surface area contributed by atoms with E-state index in [2.05, 4.69) is 35.6 Å². The molecule has 0 aliphatic heterocycles. The Bertz CT molecular complexity index is 1040. The number of carbonyl (C=O) groups excluding carboxylic acids is 1. The SMILES string of the molecule is Cc1nccn1-c1cc(NC(=O)c2ccc(-n3cccn3)nn2)ncn1. The summed E-state index contributed by atoms with van der Waals surface area (Å²) >= 11 is 0. The smallest absolute Gasteiger partial charge is 0.277 e. The average molecular weight is 347 g/mol. The fraction of sp³-hybridized carbons (Fsp3) is 0.0625. The highest BCUT2D eigenvalue weighted by molar-refractivity contribution is 6.02. The van der Waals surface area contributed by atoms with Crippen LogP contribution in [0.25, 0.3) is 11.6 Å². The maximum Gasteiger partial charge on any atom is 0.277 e. The fourth-order valence-electron chi connectivity index (χ4n) is 2.32. The molecule has 0 atom stereocenters. The molecule has 0 spiro atoms. The van der Waals surface area contributed by atoms with Gasteiger partial charge in [-0.25, -0.2) is 19.6 Å². The van der Waals surface area contributed by atoms with Crippen LogP contribution in [0.3, 0.4) is 0 Å². The number of hydrogen-bond acceptors (Lipinski definition) is 7. The van der Waals surface area contributed by atoms with Gasteiger partial charge in [-0.05, 0) is 25.1 Å². The van der Waals surface area contributed by atoms with E-state index in [9.17, 15) is 4.79 Å². The summed E-state index contributed by atoms with van der Waals surface area (Å²) in [5, 5.41) is 14.7. The highest BCUT2D eigenvalue weighted by Gasteiger charge is 2.11. The molecule has 1 N–H and O–H groups in total. The number of imidazole rings is 1. The Morgan fingerprint density at radius 2 is 1.96 bits per heavy atom. The van der Waals surface area contributed by atoms with E-state index >= 15 is 0 Å². The van der Waals surface area contributed by atoms with Crippen molar-refractivity contribution in [3.05, 3.63) is 66.9 Å². The minimum absolute atomic E-state index is 0.167. The van der Waals surface area contributed by atoms with Gasteiger partial charge in [-0.3, -0.25) is 9.36 Å². The maximum absolute atomic E-state index is 12.4. The molecule has 10 nitrogen and oxygen atoms in total. The Morgan fingerprint density at radius 3 is 2.65 bits per heavy atom. The first-order valence-electron chi connectivity index (χ1n) is 7.68. The summed E-state index contributed by atoms with van der Waals surface area (Å²) < 4.78 is 3.34. The van der Waals surface area contributed by atoms with E-state index in [1.54, 1.807) is 58.3 Å². The number of aryl methyl sites for hydroxylation is 1. The predicted octanol–water partition coefficient (Wildman–Crippen LogP) is 1.20. The summed E-state index contributed by atoms with van der Waals surface area (Å²) in [4.78, 5) is 24.8. The van der Waals surface area contributed by atoms with E-state index in [-0.39, 0.29) is 5.69 Å². The van der Waals surface area contributed by atoms with Gasteiger partial charge in [0, 0.05) is 30.9 Å². The number of hydrogen-bond donors (Lipinski definition) is 1. The van der Waals surface area contributed by atoms with E-state index in [1.165, 1.54) is 6.33 Å². The standard InChI is InChI=1S/C16H13N9O/c1-11-17-6-8-24(11)15-9-13(18-10-19-15)21-16(26)12-3-4-14(23-22-12)25-7-2-5-20-25/h2-10H,1H3,(H,18,19,21,26). The van der Waals surface area contributed by atoms with Gasteiger partial charge in [-0.2, -0.15) is 5.10 Å². The summed E-state index contributed by atoms with van der Waals surface area (Å²) in [5.74, 6) is 1.83. The highest BCUT2D eigenvalue weighted by Crippen LogP contribution is 2.12. The summed E-state index contributed by atoms with van der Waals surface area (Å²) in [7, 11) is 0. The molecule has 1 amide bonds. The van der Waals surface area contributed by atoms with Gasteiger partial charge < -0.3 is 5.32 Å². The van der Waals surface area contributed by atoms with Gasteiger partial charge >= 0.3 is 0 Å². The van der Waals surface area contributed by atoms with Gasteiger partial charge in [-0.1, -0.05) is 0 Å². The predicted molar refractivity (Wildman–Crippen MR) is 91.0 cm³/mol. The molecule has 0 aromatic carbocycles. The first kappa shape index (κ1) is 15.6. The van der Waals surface area contributed by atoms with E-state index < -0.39 is 5.91 Å². The van der Waals surface area contributed by atoms with Crippen LogP contribution >= 0.6 is 0 Å². The van der Waals surface area contributed by atoms with Gasteiger partial charge in [0.25, 0.3) is 5.91 Å². The quantitative estimate of drug-likeness (QED) is 0.589. The molecule has 0 fully saturated rings. The summed E-state index contributed by atoms with van der Waals surface area (Å²) in [6.07, 6.45) is 8.20. The van der Waals surface area contributed by atoms with Crippen molar-refractivity contribution in [2.75, 3.05) is 5.32 Å². The van der Waals surface area contributed by atoms with Crippen LogP contribution in [0.1, 0.15) is 16.3 Å². The normalized spacial score (nSPS) is 10.7. The molecule has 0 saturated heterocycles. The lowest BCUT2D eigenvalue weighted by atomic mass is 10.3. The van der Waals surface area contributed by atoms with Crippen molar-refractivity contribution in [2.45, 2.75) is 6.92 Å². The minimum Gasteiger partial charge on any atom is -0.305 e. The molecular weight excluding hydrogens is 334 g/mol. The third-order valence-electron chi connectivity index (χ3n) is 3.59. The molecule has 0 bridgehead atoms. The number of rotatable bonds is 4. The van der Waals surface area contributed by atoms with Gasteiger partial charge in [0.1, 0.15) is 23.8 Å². The number of amides is 1. The van der Waals surface area contributed by atoms with Gasteiger partial charge in [-0.15, -0.1) is 10.2 Å². The molecule has 4 aromatic heterocycles. The third-order valence-corrected chi connectivity index (χ3v) is 3.59. The van der Waals surface area contributed by atoms with Crippen LogP contribution < -0.4 is 5.32 Å². The number of aromatic nitrogens is 8. The topological polar surface area (TPSA) is 116 Å². The second-order valence-electron chi connectivity index (χ2n) is 5.29. The Balaban J connectivity index is 1.52.